The highest BCUT2D eigenvalue weighted by atomic mass is 32.2. The summed E-state index contributed by atoms with van der Waals surface area (Å²) in [5, 5.41) is 2.72. The summed E-state index contributed by atoms with van der Waals surface area (Å²) in [5.41, 5.74) is 0.882. The number of nitrogens with one attached hydrogen (secondary N) is 1. The van der Waals surface area contributed by atoms with Crippen LogP contribution in [0.2, 0.25) is 0 Å². The minimum atomic E-state index is -3.59. The zero-order valence-electron chi connectivity index (χ0n) is 15.8. The Hall–Kier alpha value is -2.29. The van der Waals surface area contributed by atoms with Gasteiger partial charge in [-0.25, -0.2) is 17.1 Å². The van der Waals surface area contributed by atoms with Gasteiger partial charge in [-0.05, 0) is 38.2 Å². The highest BCUT2D eigenvalue weighted by Crippen LogP contribution is 2.19. The Labute approximate surface area is 159 Å². The Morgan fingerprint density at radius 1 is 1.11 bits per heavy atom. The van der Waals surface area contributed by atoms with E-state index in [4.69, 9.17) is 0 Å². The second-order valence-corrected chi connectivity index (χ2v) is 8.64. The summed E-state index contributed by atoms with van der Waals surface area (Å²) in [6, 6.07) is 11.9. The van der Waals surface area contributed by atoms with Gasteiger partial charge in [0.2, 0.25) is 15.9 Å². The van der Waals surface area contributed by atoms with Crippen molar-refractivity contribution in [2.45, 2.75) is 24.4 Å². The van der Waals surface area contributed by atoms with Crippen molar-refractivity contribution in [3.63, 3.8) is 0 Å². The zero-order valence-corrected chi connectivity index (χ0v) is 16.6. The van der Waals surface area contributed by atoms with Gasteiger partial charge in [-0.2, -0.15) is 0 Å². The Morgan fingerprint density at radius 2 is 1.78 bits per heavy atom. The van der Waals surface area contributed by atoms with E-state index in [0.29, 0.717) is 11.3 Å². The molecule has 0 unspecified atom stereocenters. The van der Waals surface area contributed by atoms with Crippen LogP contribution in [-0.2, 0) is 21.4 Å². The first kappa shape index (κ1) is 21.0. The quantitative estimate of drug-likeness (QED) is 0.785. The first-order chi connectivity index (χ1) is 12.6. The number of anilines is 1. The number of hydrogen-bond donors (Lipinski definition) is 1. The third-order valence-electron chi connectivity index (χ3n) is 4.30. The average Bonchev–Trinajstić information content (AvgIpc) is 2.63. The Kier molecular flexibility index (Phi) is 6.69. The monoisotopic (exact) mass is 393 g/mol. The van der Waals surface area contributed by atoms with E-state index in [1.807, 2.05) is 0 Å². The van der Waals surface area contributed by atoms with Crippen molar-refractivity contribution in [1.29, 1.82) is 0 Å². The van der Waals surface area contributed by atoms with E-state index in [1.165, 1.54) is 32.3 Å². The summed E-state index contributed by atoms with van der Waals surface area (Å²) in [6.45, 7) is 1.98. The molecule has 1 amide bonds. The number of hydrogen-bond acceptors (Lipinski definition) is 4. The average molecular weight is 393 g/mol. The molecule has 0 heterocycles. The molecule has 0 aliphatic carbocycles. The molecule has 1 N–H and O–H groups in total. The van der Waals surface area contributed by atoms with Crippen LogP contribution in [-0.4, -0.2) is 50.7 Å². The number of amides is 1. The van der Waals surface area contributed by atoms with Crippen molar-refractivity contribution in [3.8, 4) is 0 Å². The molecule has 0 aliphatic heterocycles. The molecular weight excluding hydrogens is 369 g/mol. The van der Waals surface area contributed by atoms with Crippen molar-refractivity contribution in [2.75, 3.05) is 26.5 Å². The number of halogens is 1. The van der Waals surface area contributed by atoms with Crippen LogP contribution < -0.4 is 5.32 Å². The molecule has 0 saturated carbocycles. The fourth-order valence-corrected chi connectivity index (χ4v) is 3.37. The molecule has 0 spiro atoms. The van der Waals surface area contributed by atoms with E-state index < -0.39 is 16.1 Å². The summed E-state index contributed by atoms with van der Waals surface area (Å²) < 4.78 is 39.3. The summed E-state index contributed by atoms with van der Waals surface area (Å²) in [6.07, 6.45) is 0. The van der Waals surface area contributed by atoms with Crippen molar-refractivity contribution in [2.24, 2.45) is 0 Å². The summed E-state index contributed by atoms with van der Waals surface area (Å²) in [5.74, 6) is -0.633. The second-order valence-electron chi connectivity index (χ2n) is 6.49. The number of carbonyl (C=O) groups is 1. The molecule has 27 heavy (non-hydrogen) atoms. The maximum Gasteiger partial charge on any atom is 0.242 e. The van der Waals surface area contributed by atoms with Crippen molar-refractivity contribution in [1.82, 2.24) is 9.21 Å². The van der Waals surface area contributed by atoms with E-state index in [-0.39, 0.29) is 23.2 Å². The van der Waals surface area contributed by atoms with Gasteiger partial charge in [0, 0.05) is 31.9 Å². The van der Waals surface area contributed by atoms with Crippen LogP contribution in [0.5, 0.6) is 0 Å². The minimum absolute atomic E-state index is 0.0951. The molecule has 0 fully saturated rings. The van der Waals surface area contributed by atoms with Crippen molar-refractivity contribution in [3.05, 3.63) is 59.9 Å². The topological polar surface area (TPSA) is 69.7 Å². The number of benzene rings is 2. The lowest BCUT2D eigenvalue weighted by Gasteiger charge is -2.24. The van der Waals surface area contributed by atoms with Gasteiger partial charge >= 0.3 is 0 Å². The largest absolute Gasteiger partial charge is 0.325 e. The molecule has 2 rings (SSSR count). The molecule has 2 aromatic carbocycles. The molecule has 0 aromatic heterocycles. The van der Waals surface area contributed by atoms with Crippen LogP contribution in [0.1, 0.15) is 12.5 Å². The van der Waals surface area contributed by atoms with Crippen LogP contribution in [0, 0.1) is 5.82 Å². The lowest BCUT2D eigenvalue weighted by Crippen LogP contribution is -2.39. The maximum absolute atomic E-state index is 13.8. The highest BCUT2D eigenvalue weighted by Gasteiger charge is 2.21. The van der Waals surface area contributed by atoms with Gasteiger partial charge in [0.05, 0.1) is 10.9 Å². The number of sulfonamides is 1. The van der Waals surface area contributed by atoms with Gasteiger partial charge < -0.3 is 5.32 Å². The lowest BCUT2D eigenvalue weighted by molar-refractivity contribution is -0.120. The highest BCUT2D eigenvalue weighted by molar-refractivity contribution is 7.89. The van der Waals surface area contributed by atoms with Crippen LogP contribution in [0.25, 0.3) is 0 Å². The van der Waals surface area contributed by atoms with Crippen LogP contribution in [0.3, 0.4) is 0 Å². The van der Waals surface area contributed by atoms with Crippen LogP contribution in [0.15, 0.2) is 53.4 Å². The van der Waals surface area contributed by atoms with E-state index in [9.17, 15) is 17.6 Å². The van der Waals surface area contributed by atoms with Gasteiger partial charge in [-0.3, -0.25) is 9.69 Å². The fraction of sp³-hybridized carbons (Fsp3) is 0.316. The molecule has 8 heteroatoms. The number of carbonyl (C=O) groups excluding carboxylic acids is 1. The number of nitrogens with zero attached hydrogens (tertiary/aromatic N) is 2. The van der Waals surface area contributed by atoms with E-state index >= 15 is 0 Å². The van der Waals surface area contributed by atoms with Gasteiger partial charge in [0.15, 0.2) is 0 Å². The summed E-state index contributed by atoms with van der Waals surface area (Å²) in [7, 11) is 1.03. The molecule has 0 radical (unpaired) electrons. The molecule has 6 nitrogen and oxygen atoms in total. The summed E-state index contributed by atoms with van der Waals surface area (Å²) >= 11 is 0. The normalized spacial score (nSPS) is 13.0. The number of rotatable bonds is 7. The first-order valence-corrected chi connectivity index (χ1v) is 9.84. The zero-order chi connectivity index (χ0) is 20.2. The Balaban J connectivity index is 2.09. The Morgan fingerprint density at radius 3 is 2.41 bits per heavy atom. The molecular formula is C19H24FN3O3S. The fourth-order valence-electron chi connectivity index (χ4n) is 2.42. The molecule has 2 aromatic rings. The standard InChI is InChI=1S/C19H24FN3O3S/c1-14(23(4)13-15-8-5-6-11-18(15)20)19(24)21-16-9-7-10-17(12-16)27(25,26)22(2)3/h5-12,14H,13H2,1-4H3,(H,21,24)/t14-/m1/s1. The van der Waals surface area contributed by atoms with Gasteiger partial charge in [-0.1, -0.05) is 24.3 Å². The molecule has 0 bridgehead atoms. The molecule has 1 atom stereocenters. The summed E-state index contributed by atoms with van der Waals surface area (Å²) in [4.78, 5) is 14.3. The molecule has 0 saturated heterocycles. The predicted molar refractivity (Wildman–Crippen MR) is 103 cm³/mol. The molecule has 0 aliphatic rings. The SMILES string of the molecule is C[C@H](C(=O)Nc1cccc(S(=O)(=O)N(C)C)c1)N(C)Cc1ccccc1F. The van der Waals surface area contributed by atoms with Gasteiger partial charge in [0.1, 0.15) is 5.82 Å². The third kappa shape index (κ3) is 5.12. The smallest absolute Gasteiger partial charge is 0.242 e. The maximum atomic E-state index is 13.8. The minimum Gasteiger partial charge on any atom is -0.325 e. The predicted octanol–water partition coefficient (Wildman–Crippen LogP) is 2.54. The van der Waals surface area contributed by atoms with Crippen molar-refractivity contribution < 1.29 is 17.6 Å². The lowest BCUT2D eigenvalue weighted by atomic mass is 10.1. The third-order valence-corrected chi connectivity index (χ3v) is 6.11. The van der Waals surface area contributed by atoms with Crippen molar-refractivity contribution >= 4 is 21.6 Å². The van der Waals surface area contributed by atoms with Gasteiger partial charge in [-0.15, -0.1) is 0 Å². The van der Waals surface area contributed by atoms with E-state index in [1.54, 1.807) is 49.2 Å². The van der Waals surface area contributed by atoms with Crippen LogP contribution >= 0.6 is 0 Å². The second kappa shape index (κ2) is 8.60. The van der Waals surface area contributed by atoms with Crippen LogP contribution in [0.4, 0.5) is 10.1 Å². The molecule has 146 valence electrons. The number of likely N-dealkylation sites (N-methyl/N-ethyl adjacent to an activating group) is 1. The van der Waals surface area contributed by atoms with Gasteiger partial charge in [0.25, 0.3) is 0 Å². The Bertz CT molecular complexity index is 916. The van der Waals surface area contributed by atoms with E-state index in [0.717, 1.165) is 4.31 Å². The van der Waals surface area contributed by atoms with E-state index in [2.05, 4.69) is 5.32 Å². The first-order valence-electron chi connectivity index (χ1n) is 8.40.